The summed E-state index contributed by atoms with van der Waals surface area (Å²) in [5.74, 6) is 0.433. The molecule has 2 aromatic rings. The fourth-order valence-corrected chi connectivity index (χ4v) is 2.18. The molecular formula is C14H12F3N3. The molecular weight excluding hydrogens is 267 g/mol. The molecule has 0 spiro atoms. The lowest BCUT2D eigenvalue weighted by Gasteiger charge is -2.19. The SMILES string of the molecule is FC(F)(F)c1cccc(C2(Nc3ncccn3)CC2)c1. The van der Waals surface area contributed by atoms with Crippen molar-refractivity contribution < 1.29 is 13.2 Å². The zero-order valence-corrected chi connectivity index (χ0v) is 10.5. The van der Waals surface area contributed by atoms with Gasteiger partial charge in [-0.25, -0.2) is 9.97 Å². The first-order chi connectivity index (χ1) is 9.50. The molecule has 3 nitrogen and oxygen atoms in total. The summed E-state index contributed by atoms with van der Waals surface area (Å²) in [5.41, 5.74) is -0.473. The van der Waals surface area contributed by atoms with Gasteiger partial charge >= 0.3 is 6.18 Å². The number of rotatable bonds is 3. The Hall–Kier alpha value is -2.11. The highest BCUT2D eigenvalue weighted by Crippen LogP contribution is 2.48. The smallest absolute Gasteiger partial charge is 0.345 e. The third kappa shape index (κ3) is 2.45. The van der Waals surface area contributed by atoms with E-state index in [0.717, 1.165) is 18.9 Å². The molecule has 1 aliphatic carbocycles. The van der Waals surface area contributed by atoms with Crippen LogP contribution in [0.15, 0.2) is 42.7 Å². The minimum absolute atomic E-state index is 0.433. The largest absolute Gasteiger partial charge is 0.416 e. The Labute approximate surface area is 113 Å². The van der Waals surface area contributed by atoms with E-state index in [1.807, 2.05) is 0 Å². The van der Waals surface area contributed by atoms with Crippen molar-refractivity contribution in [1.82, 2.24) is 9.97 Å². The summed E-state index contributed by atoms with van der Waals surface area (Å²) in [7, 11) is 0. The predicted octanol–water partition coefficient (Wildman–Crippen LogP) is 3.60. The molecule has 104 valence electrons. The molecule has 1 N–H and O–H groups in total. The van der Waals surface area contributed by atoms with E-state index in [1.54, 1.807) is 24.5 Å². The highest BCUT2D eigenvalue weighted by Gasteiger charge is 2.46. The number of nitrogens with one attached hydrogen (secondary N) is 1. The van der Waals surface area contributed by atoms with Crippen molar-refractivity contribution in [1.29, 1.82) is 0 Å². The number of benzene rings is 1. The van der Waals surface area contributed by atoms with Crippen molar-refractivity contribution in [2.24, 2.45) is 0 Å². The molecule has 0 aliphatic heterocycles. The number of hydrogen-bond donors (Lipinski definition) is 1. The molecule has 1 aliphatic rings. The summed E-state index contributed by atoms with van der Waals surface area (Å²) in [5, 5.41) is 3.13. The van der Waals surface area contributed by atoms with Gasteiger partial charge in [-0.2, -0.15) is 13.2 Å². The van der Waals surface area contributed by atoms with Crippen molar-refractivity contribution >= 4 is 5.95 Å². The quantitative estimate of drug-likeness (QED) is 0.933. The van der Waals surface area contributed by atoms with Crippen molar-refractivity contribution in [3.05, 3.63) is 53.9 Å². The van der Waals surface area contributed by atoms with Crippen LogP contribution in [0.3, 0.4) is 0 Å². The normalized spacial score (nSPS) is 16.8. The van der Waals surface area contributed by atoms with Gasteiger partial charge < -0.3 is 5.32 Å². The van der Waals surface area contributed by atoms with Gasteiger partial charge in [0.2, 0.25) is 5.95 Å². The molecule has 1 aromatic carbocycles. The monoisotopic (exact) mass is 279 g/mol. The Kier molecular flexibility index (Phi) is 2.88. The summed E-state index contributed by atoms with van der Waals surface area (Å²) >= 11 is 0. The van der Waals surface area contributed by atoms with E-state index in [0.29, 0.717) is 11.5 Å². The number of anilines is 1. The summed E-state index contributed by atoms with van der Waals surface area (Å²) in [6.45, 7) is 0. The van der Waals surface area contributed by atoms with Crippen LogP contribution in [0.1, 0.15) is 24.0 Å². The van der Waals surface area contributed by atoms with Gasteiger partial charge in [0.25, 0.3) is 0 Å². The maximum absolute atomic E-state index is 12.8. The van der Waals surface area contributed by atoms with E-state index >= 15 is 0 Å². The van der Waals surface area contributed by atoms with Crippen LogP contribution in [-0.4, -0.2) is 9.97 Å². The van der Waals surface area contributed by atoms with Gasteiger partial charge in [-0.15, -0.1) is 0 Å². The van der Waals surface area contributed by atoms with E-state index in [2.05, 4.69) is 15.3 Å². The minimum Gasteiger partial charge on any atom is -0.345 e. The summed E-state index contributed by atoms with van der Waals surface area (Å²) in [6.07, 6.45) is 0.406. The molecule has 0 bridgehead atoms. The second kappa shape index (κ2) is 4.47. The molecule has 1 heterocycles. The molecule has 3 rings (SSSR count). The molecule has 0 unspecified atom stereocenters. The number of hydrogen-bond acceptors (Lipinski definition) is 3. The van der Waals surface area contributed by atoms with Crippen LogP contribution < -0.4 is 5.32 Å². The number of alkyl halides is 3. The highest BCUT2D eigenvalue weighted by molar-refractivity contribution is 5.43. The molecule has 0 amide bonds. The van der Waals surface area contributed by atoms with Crippen LogP contribution >= 0.6 is 0 Å². The first-order valence-corrected chi connectivity index (χ1v) is 6.23. The van der Waals surface area contributed by atoms with Gasteiger partial charge in [0, 0.05) is 12.4 Å². The maximum atomic E-state index is 12.8. The molecule has 1 fully saturated rings. The zero-order chi connectivity index (χ0) is 14.2. The first kappa shape index (κ1) is 12.9. The van der Waals surface area contributed by atoms with Crippen LogP contribution in [0, 0.1) is 0 Å². The van der Waals surface area contributed by atoms with E-state index in [4.69, 9.17) is 0 Å². The molecule has 1 aromatic heterocycles. The standard InChI is InChI=1S/C14H12F3N3/c15-14(16,17)11-4-1-3-10(9-11)13(5-6-13)20-12-18-7-2-8-19-12/h1-4,7-9H,5-6H2,(H,18,19,20). The predicted molar refractivity (Wildman–Crippen MR) is 68.0 cm³/mol. The van der Waals surface area contributed by atoms with Gasteiger partial charge in [0.15, 0.2) is 0 Å². The first-order valence-electron chi connectivity index (χ1n) is 6.23. The van der Waals surface area contributed by atoms with Crippen LogP contribution in [-0.2, 0) is 11.7 Å². The Morgan fingerprint density at radius 3 is 2.35 bits per heavy atom. The summed E-state index contributed by atoms with van der Waals surface area (Å²) < 4.78 is 38.3. The molecule has 0 atom stereocenters. The molecule has 0 radical (unpaired) electrons. The molecule has 0 saturated heterocycles. The summed E-state index contributed by atoms with van der Waals surface area (Å²) in [6, 6.07) is 7.11. The summed E-state index contributed by atoms with van der Waals surface area (Å²) in [4.78, 5) is 8.11. The number of halogens is 3. The van der Waals surface area contributed by atoms with Crippen LogP contribution in [0.4, 0.5) is 19.1 Å². The van der Waals surface area contributed by atoms with E-state index < -0.39 is 17.3 Å². The molecule has 20 heavy (non-hydrogen) atoms. The van der Waals surface area contributed by atoms with E-state index in [9.17, 15) is 13.2 Å². The van der Waals surface area contributed by atoms with Crippen molar-refractivity contribution in [2.45, 2.75) is 24.6 Å². The van der Waals surface area contributed by atoms with Gasteiger partial charge in [0.1, 0.15) is 0 Å². The van der Waals surface area contributed by atoms with Gasteiger partial charge in [-0.1, -0.05) is 12.1 Å². The fourth-order valence-electron chi connectivity index (χ4n) is 2.18. The Morgan fingerprint density at radius 1 is 1.05 bits per heavy atom. The lowest BCUT2D eigenvalue weighted by Crippen LogP contribution is -2.21. The van der Waals surface area contributed by atoms with Gasteiger partial charge in [-0.05, 0) is 36.6 Å². The lowest BCUT2D eigenvalue weighted by atomic mass is 10.0. The van der Waals surface area contributed by atoms with Gasteiger partial charge in [-0.3, -0.25) is 0 Å². The Bertz CT molecular complexity index is 607. The van der Waals surface area contributed by atoms with E-state index in [-0.39, 0.29) is 0 Å². The van der Waals surface area contributed by atoms with Crippen LogP contribution in [0.5, 0.6) is 0 Å². The molecule has 6 heteroatoms. The van der Waals surface area contributed by atoms with Gasteiger partial charge in [0.05, 0.1) is 11.1 Å². The average molecular weight is 279 g/mol. The number of nitrogens with zero attached hydrogens (tertiary/aromatic N) is 2. The number of aromatic nitrogens is 2. The Balaban J connectivity index is 1.89. The third-order valence-corrected chi connectivity index (χ3v) is 3.41. The van der Waals surface area contributed by atoms with Crippen molar-refractivity contribution in [3.63, 3.8) is 0 Å². The van der Waals surface area contributed by atoms with Crippen molar-refractivity contribution in [3.8, 4) is 0 Å². The van der Waals surface area contributed by atoms with Crippen LogP contribution in [0.2, 0.25) is 0 Å². The highest BCUT2D eigenvalue weighted by atomic mass is 19.4. The average Bonchev–Trinajstić information content (AvgIpc) is 3.20. The van der Waals surface area contributed by atoms with Crippen LogP contribution in [0.25, 0.3) is 0 Å². The third-order valence-electron chi connectivity index (χ3n) is 3.41. The topological polar surface area (TPSA) is 37.8 Å². The fraction of sp³-hybridized carbons (Fsp3) is 0.286. The zero-order valence-electron chi connectivity index (χ0n) is 10.5. The lowest BCUT2D eigenvalue weighted by molar-refractivity contribution is -0.137. The van der Waals surface area contributed by atoms with Crippen molar-refractivity contribution in [2.75, 3.05) is 5.32 Å². The van der Waals surface area contributed by atoms with E-state index in [1.165, 1.54) is 12.1 Å². The molecule has 1 saturated carbocycles. The maximum Gasteiger partial charge on any atom is 0.416 e. The second-order valence-electron chi connectivity index (χ2n) is 4.86. The minimum atomic E-state index is -4.32. The Morgan fingerprint density at radius 2 is 1.75 bits per heavy atom. The second-order valence-corrected chi connectivity index (χ2v) is 4.86.